The first-order valence-electron chi connectivity index (χ1n) is 6.77. The van der Waals surface area contributed by atoms with Gasteiger partial charge in [-0.3, -0.25) is 4.90 Å². The van der Waals surface area contributed by atoms with E-state index in [1.807, 2.05) is 13.0 Å². The molecule has 2 rings (SSSR count). The van der Waals surface area contributed by atoms with Crippen LogP contribution in [0.3, 0.4) is 0 Å². The molecule has 18 heavy (non-hydrogen) atoms. The van der Waals surface area contributed by atoms with Crippen LogP contribution in [0.4, 0.5) is 4.39 Å². The number of nitrogens with zero attached hydrogens (tertiary/aromatic N) is 1. The highest BCUT2D eigenvalue weighted by atomic mass is 19.1. The minimum Gasteiger partial charge on any atom is -0.378 e. The third kappa shape index (κ3) is 3.30. The van der Waals surface area contributed by atoms with E-state index in [9.17, 15) is 4.39 Å². The van der Waals surface area contributed by atoms with Crippen LogP contribution in [0.5, 0.6) is 0 Å². The van der Waals surface area contributed by atoms with Crippen LogP contribution in [0, 0.1) is 12.7 Å². The zero-order chi connectivity index (χ0) is 13.0. The van der Waals surface area contributed by atoms with Crippen molar-refractivity contribution in [2.75, 3.05) is 19.8 Å². The highest BCUT2D eigenvalue weighted by Crippen LogP contribution is 2.18. The van der Waals surface area contributed by atoms with E-state index in [0.717, 1.165) is 50.3 Å². The SMILES string of the molecule is CCCC1COCCN1Cc1cc(F)ccc1C. The fourth-order valence-corrected chi connectivity index (χ4v) is 2.53. The summed E-state index contributed by atoms with van der Waals surface area (Å²) < 4.78 is 18.8. The highest BCUT2D eigenvalue weighted by Gasteiger charge is 2.22. The molecule has 1 unspecified atom stereocenters. The molecule has 3 heteroatoms. The lowest BCUT2D eigenvalue weighted by atomic mass is 10.0. The second kappa shape index (κ2) is 6.30. The maximum Gasteiger partial charge on any atom is 0.123 e. The van der Waals surface area contributed by atoms with Gasteiger partial charge in [-0.05, 0) is 36.6 Å². The molecule has 0 aliphatic carbocycles. The Morgan fingerprint density at radius 3 is 3.06 bits per heavy atom. The summed E-state index contributed by atoms with van der Waals surface area (Å²) >= 11 is 0. The number of morpholine rings is 1. The molecular weight excluding hydrogens is 229 g/mol. The second-order valence-electron chi connectivity index (χ2n) is 5.06. The van der Waals surface area contributed by atoms with Crippen LogP contribution in [-0.4, -0.2) is 30.7 Å². The number of rotatable bonds is 4. The van der Waals surface area contributed by atoms with Crippen molar-refractivity contribution >= 4 is 0 Å². The molecule has 0 radical (unpaired) electrons. The standard InChI is InChI=1S/C15H22FNO/c1-3-4-15-11-18-8-7-17(15)10-13-9-14(16)6-5-12(13)2/h5-6,9,15H,3-4,7-8,10-11H2,1-2H3. The third-order valence-electron chi connectivity index (χ3n) is 3.66. The maximum atomic E-state index is 13.3. The van der Waals surface area contributed by atoms with E-state index in [0.29, 0.717) is 6.04 Å². The number of hydrogen-bond acceptors (Lipinski definition) is 2. The van der Waals surface area contributed by atoms with Gasteiger partial charge in [-0.1, -0.05) is 19.4 Å². The van der Waals surface area contributed by atoms with Crippen LogP contribution in [0.15, 0.2) is 18.2 Å². The summed E-state index contributed by atoms with van der Waals surface area (Å²) in [6.07, 6.45) is 2.31. The number of ether oxygens (including phenoxy) is 1. The molecule has 0 aromatic heterocycles. The Bertz CT molecular complexity index is 392. The second-order valence-corrected chi connectivity index (χ2v) is 5.06. The Labute approximate surface area is 109 Å². The number of halogens is 1. The zero-order valence-corrected chi connectivity index (χ0v) is 11.3. The van der Waals surface area contributed by atoms with Gasteiger partial charge in [0.2, 0.25) is 0 Å². The van der Waals surface area contributed by atoms with Gasteiger partial charge < -0.3 is 4.74 Å². The summed E-state index contributed by atoms with van der Waals surface area (Å²) in [5.41, 5.74) is 2.26. The molecule has 0 spiro atoms. The molecule has 0 saturated carbocycles. The van der Waals surface area contributed by atoms with Crippen molar-refractivity contribution in [2.45, 2.75) is 39.3 Å². The van der Waals surface area contributed by atoms with E-state index in [-0.39, 0.29) is 5.82 Å². The Morgan fingerprint density at radius 1 is 1.44 bits per heavy atom. The van der Waals surface area contributed by atoms with Crippen LogP contribution in [-0.2, 0) is 11.3 Å². The predicted octanol–water partition coefficient (Wildman–Crippen LogP) is 3.14. The topological polar surface area (TPSA) is 12.5 Å². The first-order valence-corrected chi connectivity index (χ1v) is 6.77. The summed E-state index contributed by atoms with van der Waals surface area (Å²) in [7, 11) is 0. The van der Waals surface area contributed by atoms with Crippen molar-refractivity contribution in [1.82, 2.24) is 4.90 Å². The lowest BCUT2D eigenvalue weighted by Crippen LogP contribution is -2.44. The minimum atomic E-state index is -0.143. The van der Waals surface area contributed by atoms with E-state index in [1.165, 1.54) is 6.07 Å². The van der Waals surface area contributed by atoms with E-state index in [4.69, 9.17) is 4.74 Å². The Hall–Kier alpha value is -0.930. The average Bonchev–Trinajstić information content (AvgIpc) is 2.36. The van der Waals surface area contributed by atoms with Crippen LogP contribution < -0.4 is 0 Å². The van der Waals surface area contributed by atoms with Crippen molar-refractivity contribution in [3.8, 4) is 0 Å². The van der Waals surface area contributed by atoms with E-state index >= 15 is 0 Å². The molecule has 1 aliphatic heterocycles. The number of benzene rings is 1. The van der Waals surface area contributed by atoms with E-state index in [1.54, 1.807) is 6.07 Å². The number of aryl methyl sites for hydroxylation is 1. The van der Waals surface area contributed by atoms with Gasteiger partial charge in [0.25, 0.3) is 0 Å². The van der Waals surface area contributed by atoms with Crippen LogP contribution in [0.1, 0.15) is 30.9 Å². The number of hydrogen-bond donors (Lipinski definition) is 0. The average molecular weight is 251 g/mol. The van der Waals surface area contributed by atoms with Crippen LogP contribution >= 0.6 is 0 Å². The van der Waals surface area contributed by atoms with Gasteiger partial charge in [0.15, 0.2) is 0 Å². The quantitative estimate of drug-likeness (QED) is 0.815. The van der Waals surface area contributed by atoms with E-state index < -0.39 is 0 Å². The van der Waals surface area contributed by atoms with Gasteiger partial charge in [-0.15, -0.1) is 0 Å². The molecule has 1 saturated heterocycles. The Morgan fingerprint density at radius 2 is 2.28 bits per heavy atom. The maximum absolute atomic E-state index is 13.3. The van der Waals surface area contributed by atoms with Crippen LogP contribution in [0.2, 0.25) is 0 Å². The predicted molar refractivity (Wildman–Crippen MR) is 71.1 cm³/mol. The largest absolute Gasteiger partial charge is 0.378 e. The summed E-state index contributed by atoms with van der Waals surface area (Å²) in [5.74, 6) is -0.143. The van der Waals surface area contributed by atoms with Crippen molar-refractivity contribution < 1.29 is 9.13 Å². The minimum absolute atomic E-state index is 0.143. The molecule has 0 N–H and O–H groups in total. The summed E-state index contributed by atoms with van der Waals surface area (Å²) in [6, 6.07) is 5.53. The molecule has 1 aliphatic rings. The molecule has 1 fully saturated rings. The van der Waals surface area contributed by atoms with E-state index in [2.05, 4.69) is 11.8 Å². The normalized spacial score (nSPS) is 21.2. The monoisotopic (exact) mass is 251 g/mol. The molecule has 1 aromatic carbocycles. The summed E-state index contributed by atoms with van der Waals surface area (Å²) in [4.78, 5) is 2.43. The zero-order valence-electron chi connectivity index (χ0n) is 11.3. The fraction of sp³-hybridized carbons (Fsp3) is 0.600. The molecular formula is C15H22FNO. The van der Waals surface area contributed by atoms with Gasteiger partial charge >= 0.3 is 0 Å². The van der Waals surface area contributed by atoms with Gasteiger partial charge in [-0.2, -0.15) is 0 Å². The van der Waals surface area contributed by atoms with Gasteiger partial charge in [0.1, 0.15) is 5.82 Å². The molecule has 1 aromatic rings. The smallest absolute Gasteiger partial charge is 0.123 e. The molecule has 0 bridgehead atoms. The molecule has 0 amide bonds. The first-order chi connectivity index (χ1) is 8.70. The Balaban J connectivity index is 2.08. The van der Waals surface area contributed by atoms with Crippen molar-refractivity contribution in [1.29, 1.82) is 0 Å². The fourth-order valence-electron chi connectivity index (χ4n) is 2.53. The third-order valence-corrected chi connectivity index (χ3v) is 3.66. The molecule has 1 atom stereocenters. The summed E-state index contributed by atoms with van der Waals surface area (Å²) in [6.45, 7) is 7.61. The lowest BCUT2D eigenvalue weighted by molar-refractivity contribution is -0.0148. The van der Waals surface area contributed by atoms with Crippen molar-refractivity contribution in [2.24, 2.45) is 0 Å². The first kappa shape index (κ1) is 13.5. The lowest BCUT2D eigenvalue weighted by Gasteiger charge is -2.35. The molecule has 100 valence electrons. The van der Waals surface area contributed by atoms with Crippen LogP contribution in [0.25, 0.3) is 0 Å². The highest BCUT2D eigenvalue weighted by molar-refractivity contribution is 5.26. The van der Waals surface area contributed by atoms with Gasteiger partial charge in [0.05, 0.1) is 13.2 Å². The van der Waals surface area contributed by atoms with Gasteiger partial charge in [0, 0.05) is 19.1 Å². The molecule has 2 nitrogen and oxygen atoms in total. The van der Waals surface area contributed by atoms with Gasteiger partial charge in [-0.25, -0.2) is 4.39 Å². The Kier molecular flexibility index (Phi) is 4.72. The molecule has 1 heterocycles. The van der Waals surface area contributed by atoms with Crippen molar-refractivity contribution in [3.05, 3.63) is 35.1 Å². The van der Waals surface area contributed by atoms with Crippen molar-refractivity contribution in [3.63, 3.8) is 0 Å². The summed E-state index contributed by atoms with van der Waals surface area (Å²) in [5, 5.41) is 0.